The van der Waals surface area contributed by atoms with E-state index in [0.29, 0.717) is 60.4 Å². The summed E-state index contributed by atoms with van der Waals surface area (Å²) in [5, 5.41) is 1.54. The van der Waals surface area contributed by atoms with Gasteiger partial charge in [-0.15, -0.1) is 39.0 Å². The number of unbranched alkanes of at least 4 members (excludes halogenated alkanes) is 2. The number of rotatable bonds is 14. The molecule has 0 amide bonds. The molecular formula is C48H45BrCl2F6N8O6S2. The zero-order valence-corrected chi connectivity index (χ0v) is 44.0. The number of ether oxygens (including phenoxy) is 2. The quantitative estimate of drug-likeness (QED) is 0.0640. The normalized spacial score (nSPS) is 11.6. The first kappa shape index (κ1) is 56.4. The highest BCUT2D eigenvalue weighted by Crippen LogP contribution is 2.34. The highest BCUT2D eigenvalue weighted by molar-refractivity contribution is 9.10. The minimum atomic E-state index is -4.83. The molecule has 73 heavy (non-hydrogen) atoms. The lowest BCUT2D eigenvalue weighted by Crippen LogP contribution is -2.39. The van der Waals surface area contributed by atoms with Crippen molar-refractivity contribution in [3.05, 3.63) is 165 Å². The summed E-state index contributed by atoms with van der Waals surface area (Å²) in [6, 6.07) is 25.3. The number of aromatic nitrogens is 8. The summed E-state index contributed by atoms with van der Waals surface area (Å²) in [5.74, 6) is -0.628. The van der Waals surface area contributed by atoms with Gasteiger partial charge in [0.2, 0.25) is 0 Å². The van der Waals surface area contributed by atoms with Crippen molar-refractivity contribution < 1.29 is 35.8 Å². The number of alkyl halides is 6. The molecule has 0 aliphatic heterocycles. The van der Waals surface area contributed by atoms with Crippen molar-refractivity contribution in [2.24, 2.45) is 14.1 Å². The van der Waals surface area contributed by atoms with Gasteiger partial charge < -0.3 is 18.6 Å². The molecule has 0 aliphatic rings. The van der Waals surface area contributed by atoms with Crippen LogP contribution in [0.2, 0.25) is 10.0 Å². The number of hydrogen-bond acceptors (Lipinski definition) is 10. The van der Waals surface area contributed by atoms with Gasteiger partial charge >= 0.3 is 24.1 Å². The highest BCUT2D eigenvalue weighted by Gasteiger charge is 2.32. The van der Waals surface area contributed by atoms with Crippen molar-refractivity contribution in [1.29, 1.82) is 0 Å². The van der Waals surface area contributed by atoms with Gasteiger partial charge in [-0.05, 0) is 101 Å². The molecule has 4 aromatic carbocycles. The average molecular weight is 1160 g/mol. The second-order valence-electron chi connectivity index (χ2n) is 16.0. The van der Waals surface area contributed by atoms with E-state index in [0.717, 1.165) is 42.2 Å². The van der Waals surface area contributed by atoms with Crippen LogP contribution in [0.25, 0.3) is 22.3 Å². The molecule has 0 spiro atoms. The van der Waals surface area contributed by atoms with Crippen molar-refractivity contribution >= 4 is 85.9 Å². The number of imidazole rings is 2. The molecule has 25 heteroatoms. The molecular weight excluding hydrogens is 1110 g/mol. The molecule has 8 aromatic rings. The molecule has 0 saturated heterocycles. The van der Waals surface area contributed by atoms with Crippen LogP contribution in [-0.4, -0.2) is 50.1 Å². The Kier molecular flexibility index (Phi) is 18.9. The van der Waals surface area contributed by atoms with Crippen LogP contribution in [0.4, 0.5) is 26.3 Å². The van der Waals surface area contributed by atoms with E-state index in [-0.39, 0.29) is 47.0 Å². The van der Waals surface area contributed by atoms with Crippen molar-refractivity contribution in [3.8, 4) is 11.5 Å². The van der Waals surface area contributed by atoms with Crippen LogP contribution in [0.5, 0.6) is 11.5 Å². The van der Waals surface area contributed by atoms with Crippen LogP contribution in [0, 0.1) is 0 Å². The lowest BCUT2D eigenvalue weighted by atomic mass is 10.2. The summed E-state index contributed by atoms with van der Waals surface area (Å²) in [6.45, 7) is 5.34. The number of fused-ring (bicyclic) bond motifs is 2. The van der Waals surface area contributed by atoms with Gasteiger partial charge in [0.05, 0.1) is 13.1 Å². The molecule has 0 bridgehead atoms. The number of thiol groups is 1. The molecule has 4 heterocycles. The number of halogens is 9. The Morgan fingerprint density at radius 2 is 1.05 bits per heavy atom. The van der Waals surface area contributed by atoms with Crippen LogP contribution < -0.4 is 32.0 Å². The van der Waals surface area contributed by atoms with E-state index in [2.05, 4.69) is 48.0 Å². The number of hydrogen-bond donors (Lipinski definition) is 1. The van der Waals surface area contributed by atoms with E-state index in [1.807, 2.05) is 26.0 Å². The number of benzene rings is 4. The number of aryl methyl sites for hydroxylation is 2. The van der Waals surface area contributed by atoms with Crippen LogP contribution in [-0.2, 0) is 40.3 Å². The monoisotopic (exact) mass is 1160 g/mol. The van der Waals surface area contributed by atoms with Gasteiger partial charge in [0, 0.05) is 47.0 Å². The van der Waals surface area contributed by atoms with E-state index in [4.69, 9.17) is 23.2 Å². The molecule has 0 atom stereocenters. The van der Waals surface area contributed by atoms with E-state index in [9.17, 15) is 45.5 Å². The van der Waals surface area contributed by atoms with Gasteiger partial charge in [-0.2, -0.15) is 0 Å². The van der Waals surface area contributed by atoms with E-state index in [1.165, 1.54) is 54.7 Å². The Balaban J connectivity index is 0.000000202. The fraction of sp³-hybridized carbons (Fsp3) is 0.292. The summed E-state index contributed by atoms with van der Waals surface area (Å²) in [4.78, 5) is 61.5. The van der Waals surface area contributed by atoms with E-state index >= 15 is 0 Å². The third-order valence-corrected chi connectivity index (χ3v) is 13.0. The van der Waals surface area contributed by atoms with Gasteiger partial charge in [0.15, 0.2) is 32.2 Å². The summed E-state index contributed by atoms with van der Waals surface area (Å²) >= 11 is 20.3. The predicted molar refractivity (Wildman–Crippen MR) is 275 cm³/mol. The Morgan fingerprint density at radius 3 is 1.52 bits per heavy atom. The van der Waals surface area contributed by atoms with Crippen molar-refractivity contribution in [3.63, 3.8) is 0 Å². The standard InChI is InChI=1S/C24H22ClF3N4O3S.C17H18BrClN4O2.C7H5F3OS/c1-3-4-12-31-21(33)19-20(30(2)23(31)34)29-22(32(19)14-15-8-10-16(25)11-9-15)36-18-7-5-6-17(13-18)35-24(26,27)28;1-3-4-9-22-15(24)13-14(21(2)17(22)25)20-16(18)23(13)10-11-5-7-12(19)8-6-11;8-7(9,10)11-5-2-1-3-6(12)4-5/h5-11,13H,3-4,12,14H2,1-2H3;5-8H,3-4,9-10H2,1-2H3;1-4,12H. The highest BCUT2D eigenvalue weighted by atomic mass is 79.9. The van der Waals surface area contributed by atoms with Gasteiger partial charge in [-0.3, -0.25) is 27.9 Å². The molecule has 0 radical (unpaired) electrons. The van der Waals surface area contributed by atoms with Crippen molar-refractivity contribution in [2.75, 3.05) is 0 Å². The first-order valence-electron chi connectivity index (χ1n) is 22.1. The largest absolute Gasteiger partial charge is 0.573 e. The van der Waals surface area contributed by atoms with Crippen LogP contribution in [0.3, 0.4) is 0 Å². The zero-order valence-electron chi connectivity index (χ0n) is 39.2. The van der Waals surface area contributed by atoms with Gasteiger partial charge in [0.1, 0.15) is 11.5 Å². The second kappa shape index (κ2) is 24.4. The third-order valence-electron chi connectivity index (χ3n) is 10.7. The summed E-state index contributed by atoms with van der Waals surface area (Å²) in [7, 11) is 3.18. The van der Waals surface area contributed by atoms with Gasteiger partial charge in [-0.1, -0.05) is 98.1 Å². The van der Waals surface area contributed by atoms with Gasteiger partial charge in [0.25, 0.3) is 11.1 Å². The maximum atomic E-state index is 13.5. The molecule has 8 rings (SSSR count). The first-order valence-corrected chi connectivity index (χ1v) is 24.9. The summed E-state index contributed by atoms with van der Waals surface area (Å²) in [6.07, 6.45) is -6.34. The maximum Gasteiger partial charge on any atom is 0.573 e. The van der Waals surface area contributed by atoms with Crippen LogP contribution in [0.1, 0.15) is 50.7 Å². The first-order chi connectivity index (χ1) is 34.5. The Labute approximate surface area is 440 Å². The fourth-order valence-electron chi connectivity index (χ4n) is 7.16. The molecule has 0 unspecified atom stereocenters. The fourth-order valence-corrected chi connectivity index (χ4v) is 9.02. The van der Waals surface area contributed by atoms with Crippen LogP contribution in [0.15, 0.2) is 136 Å². The van der Waals surface area contributed by atoms with Crippen molar-refractivity contribution in [1.82, 2.24) is 37.4 Å². The zero-order chi connectivity index (χ0) is 53.4. The second-order valence-corrected chi connectivity index (χ2v) is 19.2. The molecule has 0 saturated carbocycles. The summed E-state index contributed by atoms with van der Waals surface area (Å²) < 4.78 is 89.8. The SMILES string of the molecule is CCCCn1c(=O)c2c(nc(Br)n2Cc2ccc(Cl)cc2)n(C)c1=O.CCCCn1c(=O)c2c(nc(Sc3cccc(OC(F)(F)F)c3)n2Cc2ccc(Cl)cc2)n(C)c1=O.FC(F)(F)Oc1cccc(S)c1. The number of nitrogens with zero attached hydrogens (tertiary/aromatic N) is 8. The van der Waals surface area contributed by atoms with Crippen molar-refractivity contribution in [2.45, 2.75) is 93.4 Å². The average Bonchev–Trinajstić information content (AvgIpc) is 3.84. The predicted octanol–water partition coefficient (Wildman–Crippen LogP) is 11.5. The van der Waals surface area contributed by atoms with E-state index < -0.39 is 24.0 Å². The third kappa shape index (κ3) is 14.7. The Morgan fingerprint density at radius 1 is 0.616 bits per heavy atom. The maximum absolute atomic E-state index is 13.5. The molecule has 0 fully saturated rings. The molecule has 0 N–H and O–H groups in total. The molecule has 14 nitrogen and oxygen atoms in total. The molecule has 4 aromatic heterocycles. The molecule has 388 valence electrons. The van der Waals surface area contributed by atoms with E-state index in [1.54, 1.807) is 71.8 Å². The minimum Gasteiger partial charge on any atom is -0.406 e. The summed E-state index contributed by atoms with van der Waals surface area (Å²) in [5.41, 5.74) is 1.43. The topological polar surface area (TPSA) is 142 Å². The van der Waals surface area contributed by atoms with Gasteiger partial charge in [-0.25, -0.2) is 19.6 Å². The molecule has 0 aliphatic carbocycles. The smallest absolute Gasteiger partial charge is 0.406 e. The van der Waals surface area contributed by atoms with Crippen LogP contribution >= 0.6 is 63.5 Å². The Hall–Kier alpha value is -5.88. The lowest BCUT2D eigenvalue weighted by Gasteiger charge is -2.12. The minimum absolute atomic E-state index is 0.192. The Bertz CT molecular complexity index is 3470. The lowest BCUT2D eigenvalue weighted by molar-refractivity contribution is -0.275.